The number of hydrogen-bond acceptors (Lipinski definition) is 2. The van der Waals surface area contributed by atoms with Crippen molar-refractivity contribution in [1.82, 2.24) is 9.88 Å². The molecular formula is C17H17F3N2O2. The van der Waals surface area contributed by atoms with Gasteiger partial charge in [-0.1, -0.05) is 12.1 Å². The van der Waals surface area contributed by atoms with Crippen LogP contribution in [0.25, 0.3) is 0 Å². The molecule has 7 heteroatoms. The number of nitrogens with zero attached hydrogens (tertiary/aromatic N) is 1. The number of benzene rings is 1. The summed E-state index contributed by atoms with van der Waals surface area (Å²) in [5, 5.41) is 9.95. The van der Waals surface area contributed by atoms with E-state index >= 15 is 0 Å². The Hall–Kier alpha value is -2.28. The topological polar surface area (TPSA) is 56.3 Å². The lowest BCUT2D eigenvalue weighted by atomic mass is 10.0. The molecule has 2 heterocycles. The van der Waals surface area contributed by atoms with Crippen molar-refractivity contribution in [2.24, 2.45) is 0 Å². The Balaban J connectivity index is 1.94. The maximum absolute atomic E-state index is 12.9. The lowest BCUT2D eigenvalue weighted by molar-refractivity contribution is -0.137. The number of halogens is 3. The van der Waals surface area contributed by atoms with Gasteiger partial charge in [0.1, 0.15) is 5.69 Å². The van der Waals surface area contributed by atoms with Gasteiger partial charge in [0, 0.05) is 12.7 Å². The molecule has 1 aliphatic rings. The summed E-state index contributed by atoms with van der Waals surface area (Å²) in [4.78, 5) is 17.0. The number of rotatable bonds is 2. The van der Waals surface area contributed by atoms with Crippen molar-refractivity contribution >= 4 is 5.91 Å². The van der Waals surface area contributed by atoms with Crippen molar-refractivity contribution in [1.29, 1.82) is 0 Å². The van der Waals surface area contributed by atoms with E-state index in [9.17, 15) is 23.1 Å². The van der Waals surface area contributed by atoms with Crippen LogP contribution in [0.1, 0.15) is 39.6 Å². The quantitative estimate of drug-likeness (QED) is 0.883. The fourth-order valence-electron chi connectivity index (χ4n) is 3.10. The third-order valence-electron chi connectivity index (χ3n) is 4.31. The minimum absolute atomic E-state index is 0.0954. The Bertz CT molecular complexity index is 754. The van der Waals surface area contributed by atoms with E-state index in [1.165, 1.54) is 11.0 Å². The molecule has 3 rings (SSSR count). The maximum atomic E-state index is 12.9. The molecule has 24 heavy (non-hydrogen) atoms. The van der Waals surface area contributed by atoms with E-state index in [1.807, 2.05) is 0 Å². The van der Waals surface area contributed by atoms with E-state index in [-0.39, 0.29) is 18.9 Å². The standard InChI is InChI=1S/C17H17F3N2O2/c1-10-5-6-21-15(10)16(24)22-9-13(23)8-14(22)11-3-2-4-12(7-11)17(18,19)20/h2-7,13-14,21,23H,8-9H2,1H3/t13-,14+/m1/s1. The molecule has 0 saturated carbocycles. The van der Waals surface area contributed by atoms with Crippen LogP contribution in [0.4, 0.5) is 13.2 Å². The third kappa shape index (κ3) is 3.03. The molecule has 1 aromatic heterocycles. The Kier molecular flexibility index (Phi) is 4.13. The number of likely N-dealkylation sites (tertiary alicyclic amines) is 1. The second-order valence-electron chi connectivity index (χ2n) is 6.02. The number of H-pyrrole nitrogens is 1. The van der Waals surface area contributed by atoms with Gasteiger partial charge in [-0.05, 0) is 42.7 Å². The molecule has 0 spiro atoms. The van der Waals surface area contributed by atoms with Crippen molar-refractivity contribution in [2.75, 3.05) is 6.54 Å². The first-order valence-corrected chi connectivity index (χ1v) is 7.57. The highest BCUT2D eigenvalue weighted by molar-refractivity contribution is 5.94. The number of aryl methyl sites for hydroxylation is 1. The van der Waals surface area contributed by atoms with Gasteiger partial charge >= 0.3 is 6.18 Å². The van der Waals surface area contributed by atoms with Crippen LogP contribution in [0.2, 0.25) is 0 Å². The number of aromatic nitrogens is 1. The van der Waals surface area contributed by atoms with Gasteiger partial charge in [0.25, 0.3) is 5.91 Å². The molecule has 1 aliphatic heterocycles. The van der Waals surface area contributed by atoms with E-state index in [2.05, 4.69) is 4.98 Å². The van der Waals surface area contributed by atoms with Crippen LogP contribution in [0.15, 0.2) is 36.5 Å². The minimum atomic E-state index is -4.45. The maximum Gasteiger partial charge on any atom is 0.416 e. The number of nitrogens with one attached hydrogen (secondary N) is 1. The number of aromatic amines is 1. The minimum Gasteiger partial charge on any atom is -0.391 e. The molecule has 0 bridgehead atoms. The number of hydrogen-bond donors (Lipinski definition) is 2. The van der Waals surface area contributed by atoms with Crippen LogP contribution in [0.5, 0.6) is 0 Å². The second kappa shape index (κ2) is 5.98. The van der Waals surface area contributed by atoms with Gasteiger partial charge in [0.05, 0.1) is 17.7 Å². The van der Waals surface area contributed by atoms with Crippen molar-refractivity contribution in [3.63, 3.8) is 0 Å². The van der Waals surface area contributed by atoms with Crippen LogP contribution in [-0.4, -0.2) is 33.5 Å². The summed E-state index contributed by atoms with van der Waals surface area (Å²) in [5.41, 5.74) is 0.758. The molecule has 2 atom stereocenters. The molecule has 0 aliphatic carbocycles. The van der Waals surface area contributed by atoms with Crippen LogP contribution in [0, 0.1) is 6.92 Å². The normalized spacial score (nSPS) is 21.3. The number of carbonyl (C=O) groups excluding carboxylic acids is 1. The summed E-state index contributed by atoms with van der Waals surface area (Å²) in [5.74, 6) is -0.323. The number of alkyl halides is 3. The molecule has 1 saturated heterocycles. The average Bonchev–Trinajstić information content (AvgIpc) is 3.12. The highest BCUT2D eigenvalue weighted by Gasteiger charge is 2.38. The van der Waals surface area contributed by atoms with Crippen LogP contribution in [0.3, 0.4) is 0 Å². The smallest absolute Gasteiger partial charge is 0.391 e. The van der Waals surface area contributed by atoms with E-state index in [0.29, 0.717) is 11.3 Å². The highest BCUT2D eigenvalue weighted by Crippen LogP contribution is 2.36. The Morgan fingerprint density at radius 2 is 2.08 bits per heavy atom. The molecule has 2 N–H and O–H groups in total. The number of amides is 1. The third-order valence-corrected chi connectivity index (χ3v) is 4.31. The highest BCUT2D eigenvalue weighted by atomic mass is 19.4. The summed E-state index contributed by atoms with van der Waals surface area (Å²) in [6.07, 6.45) is -3.36. The summed E-state index contributed by atoms with van der Waals surface area (Å²) < 4.78 is 38.8. The largest absolute Gasteiger partial charge is 0.416 e. The molecule has 4 nitrogen and oxygen atoms in total. The zero-order chi connectivity index (χ0) is 17.5. The van der Waals surface area contributed by atoms with Crippen LogP contribution in [-0.2, 0) is 6.18 Å². The predicted molar refractivity (Wildman–Crippen MR) is 81.4 cm³/mol. The van der Waals surface area contributed by atoms with Gasteiger partial charge in [-0.3, -0.25) is 4.79 Å². The molecule has 1 aromatic carbocycles. The van der Waals surface area contributed by atoms with Crippen LogP contribution < -0.4 is 0 Å². The zero-order valence-corrected chi connectivity index (χ0v) is 13.0. The van der Waals surface area contributed by atoms with E-state index in [1.54, 1.807) is 25.3 Å². The van der Waals surface area contributed by atoms with Gasteiger partial charge in [0.2, 0.25) is 0 Å². The number of aliphatic hydroxyl groups excluding tert-OH is 1. The van der Waals surface area contributed by atoms with Crippen molar-refractivity contribution in [2.45, 2.75) is 31.7 Å². The van der Waals surface area contributed by atoms with E-state index < -0.39 is 23.9 Å². The van der Waals surface area contributed by atoms with Gasteiger partial charge in [0.15, 0.2) is 0 Å². The Labute approximate surface area is 136 Å². The van der Waals surface area contributed by atoms with Gasteiger partial charge in [-0.15, -0.1) is 0 Å². The SMILES string of the molecule is Cc1cc[nH]c1C(=O)N1C[C@H](O)C[C@H]1c1cccc(C(F)(F)F)c1. The molecule has 0 radical (unpaired) electrons. The molecule has 0 unspecified atom stereocenters. The first kappa shape index (κ1) is 16.6. The van der Waals surface area contributed by atoms with Crippen molar-refractivity contribution < 1.29 is 23.1 Å². The van der Waals surface area contributed by atoms with E-state index in [4.69, 9.17) is 0 Å². The van der Waals surface area contributed by atoms with Crippen molar-refractivity contribution in [3.05, 3.63) is 58.9 Å². The average molecular weight is 338 g/mol. The fourth-order valence-corrected chi connectivity index (χ4v) is 3.10. The number of aliphatic hydroxyl groups is 1. The summed E-state index contributed by atoms with van der Waals surface area (Å²) in [7, 11) is 0. The predicted octanol–water partition coefficient (Wildman–Crippen LogP) is 3.29. The molecular weight excluding hydrogens is 321 g/mol. The zero-order valence-electron chi connectivity index (χ0n) is 13.0. The molecule has 1 amide bonds. The lowest BCUT2D eigenvalue weighted by Gasteiger charge is -2.25. The monoisotopic (exact) mass is 338 g/mol. The molecule has 128 valence electrons. The second-order valence-corrected chi connectivity index (χ2v) is 6.02. The first-order valence-electron chi connectivity index (χ1n) is 7.57. The number of β-amino-alcohol motifs (C(OH)–C–C–N with tert-alkyl or cyclic N) is 1. The summed E-state index contributed by atoms with van der Waals surface area (Å²) >= 11 is 0. The van der Waals surface area contributed by atoms with Crippen molar-refractivity contribution in [3.8, 4) is 0 Å². The van der Waals surface area contributed by atoms with Gasteiger partial charge < -0.3 is 15.0 Å². The summed E-state index contributed by atoms with van der Waals surface area (Å²) in [6, 6.07) is 6.09. The molecule has 1 fully saturated rings. The van der Waals surface area contributed by atoms with Gasteiger partial charge in [-0.25, -0.2) is 0 Å². The first-order chi connectivity index (χ1) is 11.3. The summed E-state index contributed by atoms with van der Waals surface area (Å²) in [6.45, 7) is 1.87. The van der Waals surface area contributed by atoms with E-state index in [0.717, 1.165) is 17.7 Å². The van der Waals surface area contributed by atoms with Crippen LogP contribution >= 0.6 is 0 Å². The number of carbonyl (C=O) groups is 1. The molecule has 2 aromatic rings. The lowest BCUT2D eigenvalue weighted by Crippen LogP contribution is -2.32. The van der Waals surface area contributed by atoms with Gasteiger partial charge in [-0.2, -0.15) is 13.2 Å². The Morgan fingerprint density at radius 3 is 2.71 bits per heavy atom. The fraction of sp³-hybridized carbons (Fsp3) is 0.353. The Morgan fingerprint density at radius 1 is 1.33 bits per heavy atom.